The molecule has 0 aliphatic carbocycles. The van der Waals surface area contributed by atoms with Crippen LogP contribution in [0.25, 0.3) is 128 Å². The molecule has 0 aliphatic rings. The van der Waals surface area contributed by atoms with Gasteiger partial charge in [0.15, 0.2) is 5.69 Å². The van der Waals surface area contributed by atoms with Crippen LogP contribution in [0, 0.1) is 17.9 Å². The van der Waals surface area contributed by atoms with Gasteiger partial charge in [0.05, 0.1) is 35.3 Å². The van der Waals surface area contributed by atoms with Gasteiger partial charge >= 0.3 is 0 Å². The standard InChI is InChI=1S/C71H45N5/c1-73-62-21-13-20-55(43-62)71-37-34-58(47-76-71)65-24-7-10-27-68(65)61-41-59(66-25-8-5-22-63(66)56-32-35-69(74-45-56)53-18-11-14-48(38-53)44-72)40-60(42-61)67-26-9-6-23-64(67)57-33-36-70(75-46-57)54-19-12-17-52(39-54)51-30-28-50(29-31-51)49-15-3-2-4-16-49/h2-43,45-47H. The van der Waals surface area contributed by atoms with Crippen LogP contribution in [0.2, 0.25) is 0 Å². The highest BCUT2D eigenvalue weighted by Gasteiger charge is 2.18. The summed E-state index contributed by atoms with van der Waals surface area (Å²) >= 11 is 0. The molecule has 0 bridgehead atoms. The number of rotatable bonds is 11. The first-order valence-corrected chi connectivity index (χ1v) is 25.1. The van der Waals surface area contributed by atoms with Crippen LogP contribution in [0.1, 0.15) is 5.56 Å². The lowest BCUT2D eigenvalue weighted by Crippen LogP contribution is -1.93. The van der Waals surface area contributed by atoms with Crippen LogP contribution in [0.5, 0.6) is 0 Å². The second kappa shape index (κ2) is 20.9. The van der Waals surface area contributed by atoms with E-state index in [1.165, 1.54) is 11.1 Å². The minimum atomic E-state index is 0.583. The molecule has 354 valence electrons. The SMILES string of the molecule is [C-]#[N+]c1cccc(-c2ccc(-c3ccccc3-c3cc(-c4ccccc4-c4ccc(-c5cccc(C#N)c5)nc4)cc(-c4ccccc4-c4ccc(-c5cccc(-c6ccc(-c7ccccc7)cc6)c5)nc4)c3)cn2)c1. The number of pyridine rings is 3. The van der Waals surface area contributed by atoms with Gasteiger partial charge in [-0.25, -0.2) is 4.85 Å². The number of hydrogen-bond acceptors (Lipinski definition) is 4. The van der Waals surface area contributed by atoms with Crippen molar-refractivity contribution in [1.82, 2.24) is 15.0 Å². The van der Waals surface area contributed by atoms with Gasteiger partial charge in [0.1, 0.15) is 0 Å². The zero-order valence-electron chi connectivity index (χ0n) is 41.2. The van der Waals surface area contributed by atoms with Crippen molar-refractivity contribution in [3.8, 4) is 129 Å². The van der Waals surface area contributed by atoms with Crippen LogP contribution in [0.3, 0.4) is 0 Å². The van der Waals surface area contributed by atoms with Gasteiger partial charge in [-0.1, -0.05) is 194 Å². The van der Waals surface area contributed by atoms with E-state index in [0.717, 1.165) is 112 Å². The molecule has 0 unspecified atom stereocenters. The van der Waals surface area contributed by atoms with Gasteiger partial charge in [0, 0.05) is 46.4 Å². The molecule has 3 heterocycles. The average Bonchev–Trinajstić information content (AvgIpc) is 3.52. The van der Waals surface area contributed by atoms with Crippen LogP contribution < -0.4 is 0 Å². The highest BCUT2D eigenvalue weighted by molar-refractivity contribution is 5.94. The molecule has 0 radical (unpaired) electrons. The van der Waals surface area contributed by atoms with E-state index in [0.29, 0.717) is 11.3 Å². The average molecular weight is 968 g/mol. The topological polar surface area (TPSA) is 66.8 Å². The van der Waals surface area contributed by atoms with Gasteiger partial charge in [0.25, 0.3) is 0 Å². The molecule has 9 aromatic carbocycles. The molecule has 0 saturated heterocycles. The third-order valence-corrected chi connectivity index (χ3v) is 13.9. The number of benzene rings is 9. The van der Waals surface area contributed by atoms with Crippen LogP contribution in [-0.4, -0.2) is 15.0 Å². The maximum atomic E-state index is 9.57. The summed E-state index contributed by atoms with van der Waals surface area (Å²) in [5.41, 5.74) is 23.7. The van der Waals surface area contributed by atoms with Crippen LogP contribution in [0.15, 0.2) is 273 Å². The maximum Gasteiger partial charge on any atom is 0.187 e. The normalized spacial score (nSPS) is 10.9. The molecule has 5 heteroatoms. The van der Waals surface area contributed by atoms with E-state index >= 15 is 0 Å². The summed E-state index contributed by atoms with van der Waals surface area (Å²) in [5.74, 6) is 0. The van der Waals surface area contributed by atoms with Crippen molar-refractivity contribution in [1.29, 1.82) is 5.26 Å². The lowest BCUT2D eigenvalue weighted by molar-refractivity contribution is 1.32. The largest absolute Gasteiger partial charge is 0.256 e. The third kappa shape index (κ3) is 9.60. The van der Waals surface area contributed by atoms with Gasteiger partial charge in [-0.3, -0.25) is 15.0 Å². The van der Waals surface area contributed by atoms with Gasteiger partial charge in [0.2, 0.25) is 0 Å². The van der Waals surface area contributed by atoms with Crippen LogP contribution >= 0.6 is 0 Å². The number of nitrogens with zero attached hydrogens (tertiary/aromatic N) is 5. The van der Waals surface area contributed by atoms with E-state index in [1.807, 2.05) is 79.3 Å². The first-order chi connectivity index (χ1) is 37.5. The Morgan fingerprint density at radius 1 is 0.276 bits per heavy atom. The third-order valence-electron chi connectivity index (χ3n) is 13.9. The molecule has 0 atom stereocenters. The molecule has 12 rings (SSSR count). The minimum Gasteiger partial charge on any atom is -0.256 e. The highest BCUT2D eigenvalue weighted by atomic mass is 14.7. The predicted molar refractivity (Wildman–Crippen MR) is 311 cm³/mol. The van der Waals surface area contributed by atoms with E-state index in [4.69, 9.17) is 21.5 Å². The Morgan fingerprint density at radius 2 is 0.605 bits per heavy atom. The summed E-state index contributed by atoms with van der Waals surface area (Å²) in [5, 5.41) is 9.57. The minimum absolute atomic E-state index is 0.583. The van der Waals surface area contributed by atoms with Crippen LogP contribution in [-0.2, 0) is 0 Å². The Balaban J connectivity index is 0.934. The molecule has 0 fully saturated rings. The zero-order chi connectivity index (χ0) is 51.2. The fourth-order valence-corrected chi connectivity index (χ4v) is 10.1. The van der Waals surface area contributed by atoms with E-state index in [1.54, 1.807) is 6.07 Å². The fraction of sp³-hybridized carbons (Fsp3) is 0. The smallest absolute Gasteiger partial charge is 0.187 e. The summed E-state index contributed by atoms with van der Waals surface area (Å²) in [7, 11) is 0. The Morgan fingerprint density at radius 3 is 1.04 bits per heavy atom. The fourth-order valence-electron chi connectivity index (χ4n) is 10.1. The molecular weight excluding hydrogens is 923 g/mol. The summed E-state index contributed by atoms with van der Waals surface area (Å²) < 4.78 is 0. The summed E-state index contributed by atoms with van der Waals surface area (Å²) in [6.45, 7) is 7.53. The van der Waals surface area contributed by atoms with E-state index in [-0.39, 0.29) is 0 Å². The molecule has 0 saturated carbocycles. The number of hydrogen-bond donors (Lipinski definition) is 0. The van der Waals surface area contributed by atoms with E-state index in [9.17, 15) is 5.26 Å². The van der Waals surface area contributed by atoms with Crippen molar-refractivity contribution in [2.75, 3.05) is 0 Å². The lowest BCUT2D eigenvalue weighted by atomic mass is 9.86. The Kier molecular flexibility index (Phi) is 12.8. The number of nitriles is 1. The Hall–Kier alpha value is -10.6. The summed E-state index contributed by atoms with van der Waals surface area (Å²) in [4.78, 5) is 18.6. The van der Waals surface area contributed by atoms with E-state index in [2.05, 4.69) is 199 Å². The molecule has 12 aromatic rings. The molecule has 0 amide bonds. The molecule has 76 heavy (non-hydrogen) atoms. The van der Waals surface area contributed by atoms with Crippen molar-refractivity contribution in [2.24, 2.45) is 0 Å². The van der Waals surface area contributed by atoms with Gasteiger partial charge in [-0.05, 0) is 139 Å². The van der Waals surface area contributed by atoms with Crippen molar-refractivity contribution in [3.05, 3.63) is 290 Å². The second-order valence-corrected chi connectivity index (χ2v) is 18.6. The first kappa shape index (κ1) is 46.5. The molecule has 3 aromatic heterocycles. The molecule has 0 N–H and O–H groups in total. The van der Waals surface area contributed by atoms with Crippen LogP contribution in [0.4, 0.5) is 5.69 Å². The van der Waals surface area contributed by atoms with Gasteiger partial charge in [-0.15, -0.1) is 0 Å². The second-order valence-electron chi connectivity index (χ2n) is 18.6. The maximum absolute atomic E-state index is 9.57. The Labute approximate surface area is 442 Å². The number of aromatic nitrogens is 3. The Bertz CT molecular complexity index is 3990. The molecule has 0 spiro atoms. The summed E-state index contributed by atoms with van der Waals surface area (Å²) in [6, 6.07) is 90.2. The molecule has 5 nitrogen and oxygen atoms in total. The molecule has 0 aliphatic heterocycles. The first-order valence-electron chi connectivity index (χ1n) is 25.1. The molecular formula is C71H45N5. The highest BCUT2D eigenvalue weighted by Crippen LogP contribution is 2.43. The van der Waals surface area contributed by atoms with E-state index < -0.39 is 0 Å². The predicted octanol–water partition coefficient (Wildman–Crippen LogP) is 18.6. The quantitative estimate of drug-likeness (QED) is 0.121. The van der Waals surface area contributed by atoms with Crippen molar-refractivity contribution in [2.45, 2.75) is 0 Å². The zero-order valence-corrected chi connectivity index (χ0v) is 41.2. The van der Waals surface area contributed by atoms with Crippen molar-refractivity contribution >= 4 is 5.69 Å². The summed E-state index contributed by atoms with van der Waals surface area (Å²) in [6.07, 6.45) is 5.84. The van der Waals surface area contributed by atoms with Crippen molar-refractivity contribution < 1.29 is 0 Å². The monoisotopic (exact) mass is 967 g/mol. The lowest BCUT2D eigenvalue weighted by Gasteiger charge is -2.18. The van der Waals surface area contributed by atoms with Gasteiger partial charge < -0.3 is 0 Å². The van der Waals surface area contributed by atoms with Gasteiger partial charge in [-0.2, -0.15) is 5.26 Å². The van der Waals surface area contributed by atoms with Crippen molar-refractivity contribution in [3.63, 3.8) is 0 Å².